The molecule has 0 bridgehead atoms. The van der Waals surface area contributed by atoms with E-state index in [9.17, 15) is 0 Å². The maximum absolute atomic E-state index is 3.89. The van der Waals surface area contributed by atoms with Crippen LogP contribution in [0.2, 0.25) is 0 Å². The quantitative estimate of drug-likeness (QED) is 0.725. The molecule has 2 heteroatoms. The van der Waals surface area contributed by atoms with Gasteiger partial charge in [0.2, 0.25) is 0 Å². The molecular weight excluding hydrogens is 256 g/mol. The minimum atomic E-state index is 0.239. The van der Waals surface area contributed by atoms with Gasteiger partial charge < -0.3 is 5.32 Å². The Balaban J connectivity index is 2.13. The average molecular weight is 293 g/mol. The van der Waals surface area contributed by atoms with E-state index >= 15 is 0 Å². The topological polar surface area (TPSA) is 15.3 Å². The Kier molecular flexibility index (Phi) is 6.75. The standard InChI is InChI=1S/C19H36N2/c1-4-14-20-18(17-12-8-7-9-13-17)19(2,3)21-15-10-5-6-11-16-21/h12,18,20H,4-11,13-16H2,1-3H3. The molecule has 1 saturated heterocycles. The Morgan fingerprint density at radius 2 is 1.81 bits per heavy atom. The Hall–Kier alpha value is -0.340. The van der Waals surface area contributed by atoms with Gasteiger partial charge in [-0.15, -0.1) is 0 Å². The molecule has 1 atom stereocenters. The molecule has 0 radical (unpaired) electrons. The number of allylic oxidation sites excluding steroid dienone is 1. The maximum atomic E-state index is 3.89. The number of rotatable bonds is 6. The van der Waals surface area contributed by atoms with E-state index in [2.05, 4.69) is 37.1 Å². The number of likely N-dealkylation sites (tertiary alicyclic amines) is 1. The third-order valence-electron chi connectivity index (χ3n) is 5.42. The summed E-state index contributed by atoms with van der Waals surface area (Å²) < 4.78 is 0. The first kappa shape index (κ1) is 17.0. The van der Waals surface area contributed by atoms with Crippen LogP contribution in [0.5, 0.6) is 0 Å². The van der Waals surface area contributed by atoms with Crippen molar-refractivity contribution in [2.24, 2.45) is 0 Å². The average Bonchev–Trinajstić information content (AvgIpc) is 2.78. The zero-order valence-electron chi connectivity index (χ0n) is 14.6. The van der Waals surface area contributed by atoms with Crippen molar-refractivity contribution in [1.29, 1.82) is 0 Å². The van der Waals surface area contributed by atoms with Crippen molar-refractivity contribution < 1.29 is 0 Å². The molecule has 1 aliphatic heterocycles. The normalized spacial score (nSPS) is 23.5. The summed E-state index contributed by atoms with van der Waals surface area (Å²) in [5.41, 5.74) is 1.92. The van der Waals surface area contributed by atoms with Crippen molar-refractivity contribution in [3.63, 3.8) is 0 Å². The first-order chi connectivity index (χ1) is 10.2. The van der Waals surface area contributed by atoms with Crippen molar-refractivity contribution in [1.82, 2.24) is 10.2 Å². The monoisotopic (exact) mass is 292 g/mol. The van der Waals surface area contributed by atoms with Gasteiger partial charge in [0.25, 0.3) is 0 Å². The van der Waals surface area contributed by atoms with Gasteiger partial charge in [0.1, 0.15) is 0 Å². The molecule has 1 N–H and O–H groups in total. The minimum absolute atomic E-state index is 0.239. The molecule has 2 rings (SSSR count). The highest BCUT2D eigenvalue weighted by molar-refractivity contribution is 5.20. The molecule has 0 amide bonds. The third kappa shape index (κ3) is 4.56. The predicted octanol–water partition coefficient (Wildman–Crippen LogP) is 4.51. The van der Waals surface area contributed by atoms with Crippen LogP contribution < -0.4 is 5.32 Å². The van der Waals surface area contributed by atoms with Gasteiger partial charge in [0, 0.05) is 11.6 Å². The van der Waals surface area contributed by atoms with Crippen LogP contribution in [0.25, 0.3) is 0 Å². The van der Waals surface area contributed by atoms with Crippen LogP contribution in [0, 0.1) is 0 Å². The lowest BCUT2D eigenvalue weighted by atomic mass is 9.81. The van der Waals surface area contributed by atoms with E-state index in [1.807, 2.05) is 0 Å². The predicted molar refractivity (Wildman–Crippen MR) is 92.8 cm³/mol. The van der Waals surface area contributed by atoms with Gasteiger partial charge >= 0.3 is 0 Å². The second-order valence-electron chi connectivity index (χ2n) is 7.47. The van der Waals surface area contributed by atoms with E-state index in [1.54, 1.807) is 5.57 Å². The summed E-state index contributed by atoms with van der Waals surface area (Å²) in [6.45, 7) is 10.9. The van der Waals surface area contributed by atoms with Crippen molar-refractivity contribution in [2.75, 3.05) is 19.6 Å². The van der Waals surface area contributed by atoms with E-state index in [0.29, 0.717) is 6.04 Å². The van der Waals surface area contributed by atoms with Crippen molar-refractivity contribution in [3.8, 4) is 0 Å². The second-order valence-corrected chi connectivity index (χ2v) is 7.47. The molecule has 1 heterocycles. The fourth-order valence-corrected chi connectivity index (χ4v) is 4.08. The summed E-state index contributed by atoms with van der Waals surface area (Å²) in [6, 6.07) is 0.538. The first-order valence-electron chi connectivity index (χ1n) is 9.33. The van der Waals surface area contributed by atoms with Crippen LogP contribution in [-0.2, 0) is 0 Å². The molecule has 0 aromatic rings. The van der Waals surface area contributed by atoms with Crippen LogP contribution in [0.3, 0.4) is 0 Å². The Morgan fingerprint density at radius 1 is 1.10 bits per heavy atom. The van der Waals surface area contributed by atoms with Crippen LogP contribution in [0.15, 0.2) is 11.6 Å². The first-order valence-corrected chi connectivity index (χ1v) is 9.33. The van der Waals surface area contributed by atoms with Gasteiger partial charge in [-0.05, 0) is 78.4 Å². The summed E-state index contributed by atoms with van der Waals surface area (Å²) in [6.07, 6.45) is 14.7. The van der Waals surface area contributed by atoms with Gasteiger partial charge in [0.05, 0.1) is 0 Å². The van der Waals surface area contributed by atoms with Crippen LogP contribution in [0.1, 0.15) is 78.6 Å². The zero-order chi connectivity index (χ0) is 15.1. The Bertz CT molecular complexity index is 324. The Labute approximate surface area is 132 Å². The molecule has 0 saturated carbocycles. The second kappa shape index (κ2) is 8.33. The van der Waals surface area contributed by atoms with Crippen LogP contribution >= 0.6 is 0 Å². The SMILES string of the molecule is CCCNC(C1=CCCCC1)C(C)(C)N1CCCCCC1. The van der Waals surface area contributed by atoms with E-state index in [1.165, 1.54) is 70.9 Å². The zero-order valence-corrected chi connectivity index (χ0v) is 14.6. The third-order valence-corrected chi connectivity index (χ3v) is 5.42. The van der Waals surface area contributed by atoms with Gasteiger partial charge in [-0.25, -0.2) is 0 Å². The smallest absolute Gasteiger partial charge is 0.0461 e. The van der Waals surface area contributed by atoms with Crippen LogP contribution in [0.4, 0.5) is 0 Å². The van der Waals surface area contributed by atoms with E-state index in [4.69, 9.17) is 0 Å². The van der Waals surface area contributed by atoms with E-state index in [-0.39, 0.29) is 5.54 Å². The maximum Gasteiger partial charge on any atom is 0.0461 e. The lowest BCUT2D eigenvalue weighted by Crippen LogP contribution is -2.59. The molecule has 1 aliphatic carbocycles. The van der Waals surface area contributed by atoms with Crippen molar-refractivity contribution in [2.45, 2.75) is 90.1 Å². The van der Waals surface area contributed by atoms with Gasteiger partial charge in [-0.1, -0.05) is 31.4 Å². The highest BCUT2D eigenvalue weighted by Gasteiger charge is 2.37. The molecule has 0 aromatic carbocycles. The fraction of sp³-hybridized carbons (Fsp3) is 0.895. The molecule has 2 nitrogen and oxygen atoms in total. The van der Waals surface area contributed by atoms with Gasteiger partial charge in [-0.2, -0.15) is 0 Å². The largest absolute Gasteiger partial charge is 0.309 e. The minimum Gasteiger partial charge on any atom is -0.309 e. The molecule has 1 unspecified atom stereocenters. The molecular formula is C19H36N2. The highest BCUT2D eigenvalue weighted by Crippen LogP contribution is 2.31. The summed E-state index contributed by atoms with van der Waals surface area (Å²) in [7, 11) is 0. The summed E-state index contributed by atoms with van der Waals surface area (Å²) >= 11 is 0. The van der Waals surface area contributed by atoms with Gasteiger partial charge in [0.15, 0.2) is 0 Å². The molecule has 2 aliphatic rings. The lowest BCUT2D eigenvalue weighted by molar-refractivity contribution is 0.0941. The highest BCUT2D eigenvalue weighted by atomic mass is 15.2. The van der Waals surface area contributed by atoms with Crippen molar-refractivity contribution >= 4 is 0 Å². The molecule has 1 fully saturated rings. The summed E-state index contributed by atoms with van der Waals surface area (Å²) in [5.74, 6) is 0. The molecule has 122 valence electrons. The Morgan fingerprint density at radius 3 is 2.38 bits per heavy atom. The number of nitrogens with one attached hydrogen (secondary N) is 1. The molecule has 0 spiro atoms. The number of nitrogens with zero attached hydrogens (tertiary/aromatic N) is 1. The van der Waals surface area contributed by atoms with Gasteiger partial charge in [-0.3, -0.25) is 4.90 Å². The summed E-state index contributed by atoms with van der Waals surface area (Å²) in [5, 5.41) is 3.89. The number of hydrogen-bond acceptors (Lipinski definition) is 2. The fourth-order valence-electron chi connectivity index (χ4n) is 4.08. The summed E-state index contributed by atoms with van der Waals surface area (Å²) in [4.78, 5) is 2.77. The lowest BCUT2D eigenvalue weighted by Gasteiger charge is -2.46. The molecule has 21 heavy (non-hydrogen) atoms. The number of hydrogen-bond donors (Lipinski definition) is 1. The van der Waals surface area contributed by atoms with Crippen molar-refractivity contribution in [3.05, 3.63) is 11.6 Å². The van der Waals surface area contributed by atoms with Crippen LogP contribution in [-0.4, -0.2) is 36.1 Å². The van der Waals surface area contributed by atoms with E-state index in [0.717, 1.165) is 6.54 Å². The molecule has 0 aromatic heterocycles. The van der Waals surface area contributed by atoms with E-state index < -0.39 is 0 Å².